The Kier molecular flexibility index (Phi) is 5.06. The molecule has 4 rings (SSSR count). The summed E-state index contributed by atoms with van der Waals surface area (Å²) in [6, 6.07) is 10.2. The Morgan fingerprint density at radius 2 is 2.04 bits per heavy atom. The molecule has 0 aliphatic heterocycles. The normalized spacial score (nSPS) is 11.1. The average Bonchev–Trinajstić information content (AvgIpc) is 3.23. The predicted octanol–water partition coefficient (Wildman–Crippen LogP) is 4.36. The summed E-state index contributed by atoms with van der Waals surface area (Å²) >= 11 is 7.30. The second kappa shape index (κ2) is 7.65. The van der Waals surface area contributed by atoms with Gasteiger partial charge in [-0.15, -0.1) is 16.4 Å². The van der Waals surface area contributed by atoms with E-state index < -0.39 is 11.7 Å². The highest BCUT2D eigenvalue weighted by molar-refractivity contribution is 7.15. The molecule has 4 aromatic rings. The van der Waals surface area contributed by atoms with Crippen molar-refractivity contribution in [2.45, 2.75) is 6.42 Å². The molecule has 0 spiro atoms. The molecule has 142 valence electrons. The quantitative estimate of drug-likeness (QED) is 0.524. The maximum absolute atomic E-state index is 13.8. The van der Waals surface area contributed by atoms with Gasteiger partial charge in [0.1, 0.15) is 11.6 Å². The summed E-state index contributed by atoms with van der Waals surface area (Å²) in [4.78, 5) is 17.3. The Morgan fingerprint density at radius 1 is 1.21 bits per heavy atom. The number of thiazole rings is 1. The van der Waals surface area contributed by atoms with Gasteiger partial charge in [0.25, 0.3) is 5.91 Å². The van der Waals surface area contributed by atoms with E-state index >= 15 is 0 Å². The van der Waals surface area contributed by atoms with Gasteiger partial charge in [-0.3, -0.25) is 4.79 Å². The SMILES string of the molecule is O=C(NCCc1csc2nc(-c3cccc(F)c3)nn12)c1c(F)cccc1Cl. The first-order valence-electron chi connectivity index (χ1n) is 8.34. The van der Waals surface area contributed by atoms with Crippen LogP contribution in [0.15, 0.2) is 47.8 Å². The summed E-state index contributed by atoms with van der Waals surface area (Å²) in [5.74, 6) is -1.17. The van der Waals surface area contributed by atoms with Gasteiger partial charge in [-0.25, -0.2) is 13.3 Å². The number of hydrogen-bond acceptors (Lipinski definition) is 4. The lowest BCUT2D eigenvalue weighted by Gasteiger charge is -2.07. The Morgan fingerprint density at radius 3 is 2.82 bits per heavy atom. The summed E-state index contributed by atoms with van der Waals surface area (Å²) in [6.45, 7) is 0.268. The van der Waals surface area contributed by atoms with Crippen LogP contribution < -0.4 is 5.32 Å². The number of carbonyl (C=O) groups is 1. The topological polar surface area (TPSA) is 59.3 Å². The summed E-state index contributed by atoms with van der Waals surface area (Å²) in [6.07, 6.45) is 0.462. The van der Waals surface area contributed by atoms with Gasteiger partial charge in [0, 0.05) is 23.9 Å². The highest BCUT2D eigenvalue weighted by Gasteiger charge is 2.16. The lowest BCUT2D eigenvalue weighted by Crippen LogP contribution is -2.27. The van der Waals surface area contributed by atoms with E-state index in [0.717, 1.165) is 5.69 Å². The Hall–Kier alpha value is -2.84. The van der Waals surface area contributed by atoms with Gasteiger partial charge >= 0.3 is 0 Å². The Bertz CT molecular complexity index is 1150. The van der Waals surface area contributed by atoms with Crippen LogP contribution in [0, 0.1) is 11.6 Å². The van der Waals surface area contributed by atoms with E-state index in [1.807, 2.05) is 5.38 Å². The molecule has 2 aromatic carbocycles. The van der Waals surface area contributed by atoms with E-state index in [4.69, 9.17) is 11.6 Å². The maximum Gasteiger partial charge on any atom is 0.255 e. The molecule has 0 radical (unpaired) electrons. The Balaban J connectivity index is 1.47. The van der Waals surface area contributed by atoms with Crippen molar-refractivity contribution >= 4 is 33.8 Å². The number of hydrogen-bond donors (Lipinski definition) is 1. The van der Waals surface area contributed by atoms with Crippen molar-refractivity contribution in [1.82, 2.24) is 19.9 Å². The first-order chi connectivity index (χ1) is 13.5. The van der Waals surface area contributed by atoms with Crippen molar-refractivity contribution in [3.63, 3.8) is 0 Å². The van der Waals surface area contributed by atoms with Crippen LogP contribution in [-0.2, 0) is 6.42 Å². The first-order valence-corrected chi connectivity index (χ1v) is 9.60. The van der Waals surface area contributed by atoms with Gasteiger partial charge in [-0.1, -0.05) is 29.8 Å². The number of rotatable bonds is 5. The predicted molar refractivity (Wildman–Crippen MR) is 104 cm³/mol. The lowest BCUT2D eigenvalue weighted by atomic mass is 10.2. The molecule has 0 atom stereocenters. The first kappa shape index (κ1) is 18.5. The minimum atomic E-state index is -0.668. The molecule has 5 nitrogen and oxygen atoms in total. The number of aromatic nitrogens is 3. The third-order valence-corrected chi connectivity index (χ3v) is 5.27. The van der Waals surface area contributed by atoms with Crippen molar-refractivity contribution < 1.29 is 13.6 Å². The smallest absolute Gasteiger partial charge is 0.255 e. The molecule has 0 bridgehead atoms. The number of benzene rings is 2. The Labute approximate surface area is 167 Å². The van der Waals surface area contributed by atoms with E-state index in [1.54, 1.807) is 16.6 Å². The maximum atomic E-state index is 13.8. The largest absolute Gasteiger partial charge is 0.352 e. The van der Waals surface area contributed by atoms with E-state index in [-0.39, 0.29) is 22.9 Å². The molecule has 0 aliphatic carbocycles. The van der Waals surface area contributed by atoms with Gasteiger partial charge < -0.3 is 5.32 Å². The van der Waals surface area contributed by atoms with E-state index in [2.05, 4.69) is 15.4 Å². The third kappa shape index (κ3) is 3.61. The summed E-state index contributed by atoms with van der Waals surface area (Å²) in [5, 5.41) is 9.03. The number of fused-ring (bicyclic) bond motifs is 1. The minimum absolute atomic E-state index is 0.0615. The van der Waals surface area contributed by atoms with Crippen molar-refractivity contribution in [1.29, 1.82) is 0 Å². The number of halogens is 3. The monoisotopic (exact) mass is 418 g/mol. The summed E-state index contributed by atoms with van der Waals surface area (Å²) in [5.41, 5.74) is 1.24. The fourth-order valence-corrected chi connectivity index (χ4v) is 3.86. The zero-order valence-electron chi connectivity index (χ0n) is 14.3. The molecule has 2 aromatic heterocycles. The van der Waals surface area contributed by atoms with Crippen LogP contribution in [0.2, 0.25) is 5.02 Å². The second-order valence-corrected chi connectivity index (χ2v) is 7.21. The number of nitrogens with one attached hydrogen (secondary N) is 1. The molecule has 0 saturated carbocycles. The molecule has 0 saturated heterocycles. The van der Waals surface area contributed by atoms with Gasteiger partial charge in [-0.05, 0) is 24.3 Å². The molecule has 0 aliphatic rings. The van der Waals surface area contributed by atoms with Crippen LogP contribution in [0.3, 0.4) is 0 Å². The molecule has 0 fully saturated rings. The van der Waals surface area contributed by atoms with Crippen LogP contribution in [0.5, 0.6) is 0 Å². The number of carbonyl (C=O) groups excluding carboxylic acids is 1. The van der Waals surface area contributed by atoms with E-state index in [1.165, 1.54) is 41.7 Å². The molecule has 1 N–H and O–H groups in total. The molecule has 28 heavy (non-hydrogen) atoms. The molecular weight excluding hydrogens is 406 g/mol. The van der Waals surface area contributed by atoms with Crippen LogP contribution in [0.1, 0.15) is 16.1 Å². The molecule has 2 heterocycles. The van der Waals surface area contributed by atoms with Gasteiger partial charge in [-0.2, -0.15) is 4.98 Å². The standard InChI is InChI=1S/C19H13ClF2N4OS/c20-14-5-2-6-15(22)16(14)18(27)23-8-7-13-10-28-19-24-17(25-26(13)19)11-3-1-4-12(21)9-11/h1-6,9-10H,7-8H2,(H,23,27). The fraction of sp³-hybridized carbons (Fsp3) is 0.105. The highest BCUT2D eigenvalue weighted by Crippen LogP contribution is 2.22. The van der Waals surface area contributed by atoms with Gasteiger partial charge in [0.15, 0.2) is 5.82 Å². The van der Waals surface area contributed by atoms with E-state index in [9.17, 15) is 13.6 Å². The second-order valence-electron chi connectivity index (χ2n) is 5.97. The number of nitrogens with zero attached hydrogens (tertiary/aromatic N) is 3. The highest BCUT2D eigenvalue weighted by atomic mass is 35.5. The minimum Gasteiger partial charge on any atom is -0.352 e. The number of amides is 1. The van der Waals surface area contributed by atoms with E-state index in [0.29, 0.717) is 22.8 Å². The van der Waals surface area contributed by atoms with Crippen LogP contribution in [0.4, 0.5) is 8.78 Å². The van der Waals surface area contributed by atoms with Gasteiger partial charge in [0.05, 0.1) is 16.3 Å². The molecule has 9 heteroatoms. The van der Waals surface area contributed by atoms with Crippen molar-refractivity contribution in [2.24, 2.45) is 0 Å². The van der Waals surface area contributed by atoms with Crippen LogP contribution in [-0.4, -0.2) is 27.0 Å². The van der Waals surface area contributed by atoms with Crippen LogP contribution >= 0.6 is 22.9 Å². The van der Waals surface area contributed by atoms with Crippen molar-refractivity contribution in [2.75, 3.05) is 6.54 Å². The zero-order chi connectivity index (χ0) is 19.7. The lowest BCUT2D eigenvalue weighted by molar-refractivity contribution is 0.0950. The van der Waals surface area contributed by atoms with Crippen molar-refractivity contribution in [3.8, 4) is 11.4 Å². The zero-order valence-corrected chi connectivity index (χ0v) is 15.9. The fourth-order valence-electron chi connectivity index (χ4n) is 2.75. The van der Waals surface area contributed by atoms with Crippen LogP contribution in [0.25, 0.3) is 16.3 Å². The molecule has 1 amide bonds. The summed E-state index contributed by atoms with van der Waals surface area (Å²) < 4.78 is 28.9. The average molecular weight is 419 g/mol. The third-order valence-electron chi connectivity index (χ3n) is 4.09. The summed E-state index contributed by atoms with van der Waals surface area (Å²) in [7, 11) is 0. The van der Waals surface area contributed by atoms with Crippen molar-refractivity contribution in [3.05, 3.63) is 75.8 Å². The molecular formula is C19H13ClF2N4OS. The molecule has 0 unspecified atom stereocenters. The van der Waals surface area contributed by atoms with Gasteiger partial charge in [0.2, 0.25) is 4.96 Å².